The molecule has 4 nitrogen and oxygen atoms in total. The second-order valence-corrected chi connectivity index (χ2v) is 6.75. The van der Waals surface area contributed by atoms with Crippen LogP contribution in [0.4, 0.5) is 9.18 Å². The molecule has 1 aromatic carbocycles. The molecule has 126 valence electrons. The molecule has 0 unspecified atom stereocenters. The lowest BCUT2D eigenvalue weighted by atomic mass is 10.1. The standard InChI is InChI=1S/C17H23ClFN3O/c18-15-5-4-6-16(19)14(15)11-20-17(23)22-10-7-13(12-22)21-8-2-1-3-9-21/h4-6,13H,1-3,7-12H2,(H,20,23)/t13-/m0/s1. The zero-order chi connectivity index (χ0) is 16.2. The number of likely N-dealkylation sites (tertiary alicyclic amines) is 2. The third-order valence-electron chi connectivity index (χ3n) is 4.84. The Kier molecular flexibility index (Phi) is 5.38. The lowest BCUT2D eigenvalue weighted by molar-refractivity contribution is 0.161. The van der Waals surface area contributed by atoms with Crippen LogP contribution in [0.25, 0.3) is 0 Å². The fourth-order valence-electron chi connectivity index (χ4n) is 3.48. The molecule has 1 aromatic rings. The number of halogens is 2. The molecule has 0 bridgehead atoms. The fraction of sp³-hybridized carbons (Fsp3) is 0.588. The minimum Gasteiger partial charge on any atom is -0.334 e. The molecule has 1 N–H and O–H groups in total. The van der Waals surface area contributed by atoms with Crippen LogP contribution < -0.4 is 5.32 Å². The number of benzene rings is 1. The second kappa shape index (κ2) is 7.49. The van der Waals surface area contributed by atoms with Crippen LogP contribution in [0.1, 0.15) is 31.2 Å². The maximum Gasteiger partial charge on any atom is 0.317 e. The second-order valence-electron chi connectivity index (χ2n) is 6.34. The molecule has 0 aliphatic carbocycles. The Labute approximate surface area is 141 Å². The Bertz CT molecular complexity index is 543. The Morgan fingerprint density at radius 1 is 1.26 bits per heavy atom. The highest BCUT2D eigenvalue weighted by Crippen LogP contribution is 2.21. The van der Waals surface area contributed by atoms with E-state index in [0.717, 1.165) is 32.6 Å². The predicted octanol–water partition coefficient (Wildman–Crippen LogP) is 3.25. The van der Waals surface area contributed by atoms with Crippen molar-refractivity contribution in [3.05, 3.63) is 34.6 Å². The van der Waals surface area contributed by atoms with Gasteiger partial charge in [-0.05, 0) is 44.5 Å². The van der Waals surface area contributed by atoms with Crippen LogP contribution >= 0.6 is 11.6 Å². The number of rotatable bonds is 3. The zero-order valence-corrected chi connectivity index (χ0v) is 14.0. The van der Waals surface area contributed by atoms with Gasteiger partial charge in [-0.25, -0.2) is 9.18 Å². The summed E-state index contributed by atoms with van der Waals surface area (Å²) in [6, 6.07) is 4.89. The van der Waals surface area contributed by atoms with Crippen LogP contribution in [0.2, 0.25) is 5.02 Å². The number of piperidine rings is 1. The molecule has 0 radical (unpaired) electrons. The Morgan fingerprint density at radius 2 is 2.04 bits per heavy atom. The summed E-state index contributed by atoms with van der Waals surface area (Å²) in [5.41, 5.74) is 0.342. The van der Waals surface area contributed by atoms with E-state index in [4.69, 9.17) is 11.6 Å². The molecule has 0 spiro atoms. The average molecular weight is 340 g/mol. The number of nitrogens with one attached hydrogen (secondary N) is 1. The minimum absolute atomic E-state index is 0.120. The molecule has 6 heteroatoms. The number of carbonyl (C=O) groups excluding carboxylic acids is 1. The third kappa shape index (κ3) is 3.96. The van der Waals surface area contributed by atoms with Crippen LogP contribution in [0.3, 0.4) is 0 Å². The van der Waals surface area contributed by atoms with Gasteiger partial charge in [-0.2, -0.15) is 0 Å². The first-order valence-corrected chi connectivity index (χ1v) is 8.72. The first-order chi connectivity index (χ1) is 11.1. The fourth-order valence-corrected chi connectivity index (χ4v) is 3.71. The SMILES string of the molecule is O=C(NCc1c(F)cccc1Cl)N1CC[C@H](N2CCCCC2)C1. The monoisotopic (exact) mass is 339 g/mol. The summed E-state index contributed by atoms with van der Waals surface area (Å²) in [7, 11) is 0. The Morgan fingerprint density at radius 3 is 2.78 bits per heavy atom. The van der Waals surface area contributed by atoms with Crippen molar-refractivity contribution in [1.29, 1.82) is 0 Å². The van der Waals surface area contributed by atoms with E-state index in [9.17, 15) is 9.18 Å². The molecule has 1 atom stereocenters. The van der Waals surface area contributed by atoms with Gasteiger partial charge < -0.3 is 10.2 Å². The number of nitrogens with zero attached hydrogens (tertiary/aromatic N) is 2. The van der Waals surface area contributed by atoms with Gasteiger partial charge in [0.1, 0.15) is 5.82 Å². The third-order valence-corrected chi connectivity index (χ3v) is 5.19. The average Bonchev–Trinajstić information content (AvgIpc) is 3.05. The van der Waals surface area contributed by atoms with Crippen molar-refractivity contribution in [3.8, 4) is 0 Å². The van der Waals surface area contributed by atoms with E-state index in [1.807, 2.05) is 4.90 Å². The van der Waals surface area contributed by atoms with Crippen LogP contribution in [0, 0.1) is 5.82 Å². The van der Waals surface area contributed by atoms with E-state index < -0.39 is 0 Å². The van der Waals surface area contributed by atoms with Gasteiger partial charge in [-0.15, -0.1) is 0 Å². The molecule has 0 aromatic heterocycles. The lowest BCUT2D eigenvalue weighted by Crippen LogP contribution is -2.43. The van der Waals surface area contributed by atoms with E-state index in [2.05, 4.69) is 10.2 Å². The van der Waals surface area contributed by atoms with Crippen molar-refractivity contribution < 1.29 is 9.18 Å². The summed E-state index contributed by atoms with van der Waals surface area (Å²) in [5, 5.41) is 3.14. The molecule has 2 heterocycles. The van der Waals surface area contributed by atoms with Gasteiger partial charge in [0.15, 0.2) is 0 Å². The molecule has 2 fully saturated rings. The number of urea groups is 1. The lowest BCUT2D eigenvalue weighted by Gasteiger charge is -2.32. The first-order valence-electron chi connectivity index (χ1n) is 8.35. The first kappa shape index (κ1) is 16.5. The molecule has 2 aliphatic heterocycles. The summed E-state index contributed by atoms with van der Waals surface area (Å²) >= 11 is 5.99. The van der Waals surface area contributed by atoms with E-state index in [1.165, 1.54) is 25.3 Å². The van der Waals surface area contributed by atoms with Crippen molar-refractivity contribution in [1.82, 2.24) is 15.1 Å². The summed E-state index contributed by atoms with van der Waals surface area (Å²) in [4.78, 5) is 16.6. The highest BCUT2D eigenvalue weighted by atomic mass is 35.5. The van der Waals surface area contributed by atoms with Crippen LogP contribution in [-0.2, 0) is 6.54 Å². The minimum atomic E-state index is -0.384. The largest absolute Gasteiger partial charge is 0.334 e. The van der Waals surface area contributed by atoms with E-state index in [1.54, 1.807) is 12.1 Å². The topological polar surface area (TPSA) is 35.6 Å². The van der Waals surface area contributed by atoms with Gasteiger partial charge in [0.05, 0.1) is 0 Å². The molecule has 3 rings (SSSR count). The highest BCUT2D eigenvalue weighted by Gasteiger charge is 2.30. The van der Waals surface area contributed by atoms with Gasteiger partial charge in [-0.1, -0.05) is 24.1 Å². The maximum atomic E-state index is 13.7. The van der Waals surface area contributed by atoms with Gasteiger partial charge in [0.2, 0.25) is 0 Å². The van der Waals surface area contributed by atoms with Crippen molar-refractivity contribution >= 4 is 17.6 Å². The number of hydrogen-bond donors (Lipinski definition) is 1. The summed E-state index contributed by atoms with van der Waals surface area (Å²) in [5.74, 6) is -0.384. The van der Waals surface area contributed by atoms with Crippen LogP contribution in [0.5, 0.6) is 0 Å². The highest BCUT2D eigenvalue weighted by molar-refractivity contribution is 6.31. The van der Waals surface area contributed by atoms with Gasteiger partial charge in [-0.3, -0.25) is 4.90 Å². The summed E-state index contributed by atoms with van der Waals surface area (Å²) < 4.78 is 13.7. The zero-order valence-electron chi connectivity index (χ0n) is 13.2. The normalized spacial score (nSPS) is 22.3. The molecule has 2 saturated heterocycles. The molecule has 0 saturated carbocycles. The van der Waals surface area contributed by atoms with Crippen molar-refractivity contribution in [2.75, 3.05) is 26.2 Å². The Balaban J connectivity index is 1.51. The molecular weight excluding hydrogens is 317 g/mol. The summed E-state index contributed by atoms with van der Waals surface area (Å²) in [6.45, 7) is 3.93. The van der Waals surface area contributed by atoms with Gasteiger partial charge >= 0.3 is 6.03 Å². The molecule has 2 amide bonds. The van der Waals surface area contributed by atoms with E-state index in [0.29, 0.717) is 16.6 Å². The van der Waals surface area contributed by atoms with Gasteiger partial charge in [0.25, 0.3) is 0 Å². The summed E-state index contributed by atoms with van der Waals surface area (Å²) in [6.07, 6.45) is 4.85. The predicted molar refractivity (Wildman–Crippen MR) is 89.0 cm³/mol. The van der Waals surface area contributed by atoms with Crippen LogP contribution in [0.15, 0.2) is 18.2 Å². The van der Waals surface area contributed by atoms with E-state index in [-0.39, 0.29) is 18.4 Å². The Hall–Kier alpha value is -1.33. The van der Waals surface area contributed by atoms with Crippen molar-refractivity contribution in [2.24, 2.45) is 0 Å². The number of hydrogen-bond acceptors (Lipinski definition) is 2. The smallest absolute Gasteiger partial charge is 0.317 e. The van der Waals surface area contributed by atoms with Gasteiger partial charge in [0, 0.05) is 36.3 Å². The molecular formula is C17H23ClFN3O. The molecule has 23 heavy (non-hydrogen) atoms. The number of amides is 2. The maximum absolute atomic E-state index is 13.7. The van der Waals surface area contributed by atoms with E-state index >= 15 is 0 Å². The quantitative estimate of drug-likeness (QED) is 0.917. The van der Waals surface area contributed by atoms with Crippen molar-refractivity contribution in [3.63, 3.8) is 0 Å². The van der Waals surface area contributed by atoms with Crippen LogP contribution in [-0.4, -0.2) is 48.1 Å². The van der Waals surface area contributed by atoms with Crippen molar-refractivity contribution in [2.45, 2.75) is 38.3 Å². The number of carbonyl (C=O) groups is 1. The molecule has 2 aliphatic rings.